The number of pyridine rings is 3. The van der Waals surface area contributed by atoms with E-state index in [9.17, 15) is 0 Å². The molecule has 0 amide bonds. The molecule has 0 aliphatic heterocycles. The molecule has 0 radical (unpaired) electrons. The van der Waals surface area contributed by atoms with E-state index in [1.807, 2.05) is 246 Å². The quantitative estimate of drug-likeness (QED) is 0.146. The van der Waals surface area contributed by atoms with Crippen molar-refractivity contribution in [3.8, 4) is 0 Å². The summed E-state index contributed by atoms with van der Waals surface area (Å²) < 4.78 is 2.17. The van der Waals surface area contributed by atoms with Crippen LogP contribution < -0.4 is 0 Å². The summed E-state index contributed by atoms with van der Waals surface area (Å²) in [6, 6.07) is 51.2. The van der Waals surface area contributed by atoms with E-state index in [-0.39, 0.29) is 7.43 Å². The number of aromatic nitrogens is 13. The zero-order chi connectivity index (χ0) is 87.2. The van der Waals surface area contributed by atoms with Crippen molar-refractivity contribution in [1.82, 2.24) is 64.4 Å². The van der Waals surface area contributed by atoms with E-state index in [4.69, 9.17) is 0 Å². The van der Waals surface area contributed by atoms with E-state index in [1.54, 1.807) is 42.3 Å². The molecule has 4 aromatic carbocycles. The summed E-state index contributed by atoms with van der Waals surface area (Å²) in [5.41, 5.74) is 10.3. The summed E-state index contributed by atoms with van der Waals surface area (Å²) in [6.07, 6.45) is 18.2. The van der Waals surface area contributed by atoms with Crippen molar-refractivity contribution in [3.63, 3.8) is 0 Å². The maximum absolute atomic E-state index is 4.57. The van der Waals surface area contributed by atoms with Gasteiger partial charge < -0.3 is 9.55 Å². The number of benzene rings is 4. The van der Waals surface area contributed by atoms with Gasteiger partial charge in [0.25, 0.3) is 0 Å². The molecule has 0 aliphatic rings. The van der Waals surface area contributed by atoms with Crippen LogP contribution in [0.4, 0.5) is 0 Å². The monoisotopic (exact) mass is 1580 g/mol. The highest BCUT2D eigenvalue weighted by Gasteiger charge is 2.10. The van der Waals surface area contributed by atoms with Gasteiger partial charge in [0.1, 0.15) is 17.5 Å². The molecule has 14 heteroatoms. The van der Waals surface area contributed by atoms with Crippen molar-refractivity contribution in [2.24, 2.45) is 7.05 Å². The first-order valence-corrected chi connectivity index (χ1v) is 43.2. The minimum Gasteiger partial charge on any atom is -0.365 e. The van der Waals surface area contributed by atoms with Crippen molar-refractivity contribution >= 4 is 54.9 Å². The Kier molecular flexibility index (Phi) is 76.2. The van der Waals surface area contributed by atoms with Crippen molar-refractivity contribution in [3.05, 3.63) is 270 Å². The lowest BCUT2D eigenvalue weighted by molar-refractivity contribution is 0.722. The zero-order valence-corrected chi connectivity index (χ0v) is 78.6. The van der Waals surface area contributed by atoms with Gasteiger partial charge in [-0.2, -0.15) is 0 Å². The Morgan fingerprint density at radius 3 is 1.16 bits per heavy atom. The third-order valence-corrected chi connectivity index (χ3v) is 15.6. The van der Waals surface area contributed by atoms with Crippen molar-refractivity contribution in [1.29, 1.82) is 0 Å². The molecule has 632 valence electrons. The summed E-state index contributed by atoms with van der Waals surface area (Å²) in [5, 5.41) is 8.05. The predicted octanol–water partition coefficient (Wildman–Crippen LogP) is 31.8. The Balaban J connectivity index is -0.000000282. The molecular weight excluding hydrogens is 1420 g/mol. The van der Waals surface area contributed by atoms with E-state index >= 15 is 0 Å². The molecule has 114 heavy (non-hydrogen) atoms. The molecule has 13 aromatic rings. The van der Waals surface area contributed by atoms with Crippen LogP contribution in [0.15, 0.2) is 219 Å². The van der Waals surface area contributed by atoms with Gasteiger partial charge in [0.2, 0.25) is 0 Å². The average Bonchev–Trinajstić information content (AvgIpc) is 1.64. The maximum Gasteiger partial charge on any atom is 0.131 e. The van der Waals surface area contributed by atoms with Gasteiger partial charge in [0.15, 0.2) is 0 Å². The lowest BCUT2D eigenvalue weighted by Gasteiger charge is -2.04. The average molecular weight is 1580 g/mol. The molecule has 0 spiro atoms. The topological polar surface area (TPSA) is 163 Å². The van der Waals surface area contributed by atoms with Gasteiger partial charge in [-0.3, -0.25) is 24.9 Å². The third-order valence-electron chi connectivity index (χ3n) is 14.6. The Hall–Kier alpha value is -9.27. The lowest BCUT2D eigenvalue weighted by atomic mass is 10.1. The van der Waals surface area contributed by atoms with E-state index in [2.05, 4.69) is 263 Å². The van der Waals surface area contributed by atoms with Gasteiger partial charge in [0, 0.05) is 137 Å². The number of thiazole rings is 1. The minimum atomic E-state index is 0. The number of rotatable bonds is 9. The molecule has 0 bridgehead atoms. The van der Waals surface area contributed by atoms with Crippen LogP contribution in [0.3, 0.4) is 0 Å². The van der Waals surface area contributed by atoms with Gasteiger partial charge in [0.05, 0.1) is 32.8 Å². The predicted molar refractivity (Wildman–Crippen MR) is 511 cm³/mol. The number of fused-ring (bicyclic) bond motifs is 4. The second kappa shape index (κ2) is 75.1. The van der Waals surface area contributed by atoms with Gasteiger partial charge in [-0.1, -0.05) is 342 Å². The van der Waals surface area contributed by atoms with Gasteiger partial charge in [-0.15, -0.1) is 11.3 Å². The zero-order valence-electron chi connectivity index (χ0n) is 77.8. The summed E-state index contributed by atoms with van der Waals surface area (Å²) in [7, 11) is 2.07. The SMILES string of the molecule is C.CC.CC.CC.CC.CC.CC.CC.CC.CC.CC(C)c1cc2ccccc2cn1.CC(C)c1ccc2ccccc2n1.CC(C)c1ccc[nH]1.CC(C)c1ccccn1.CC(C)c1cnccn1.CC(C)c1nc2ccccc2n1C.CC(C)c1ncc2ccccc2n1.CC(C)c1ncccn1.CC(C)c1nccs1. The number of hydrogen-bond donors (Lipinski definition) is 1. The van der Waals surface area contributed by atoms with E-state index < -0.39 is 0 Å². The number of hydrogen-bond acceptors (Lipinski definition) is 12. The van der Waals surface area contributed by atoms with Gasteiger partial charge in [-0.05, 0) is 102 Å². The summed E-state index contributed by atoms with van der Waals surface area (Å²) >= 11 is 1.72. The lowest BCUT2D eigenvalue weighted by Crippen LogP contribution is -1.99. The van der Waals surface area contributed by atoms with Crippen molar-refractivity contribution in [2.75, 3.05) is 0 Å². The Morgan fingerprint density at radius 1 is 0.298 bits per heavy atom. The normalized spacial score (nSPS) is 9.39. The number of nitrogens with zero attached hydrogens (tertiary/aromatic N) is 12. The minimum absolute atomic E-state index is 0. The van der Waals surface area contributed by atoms with Gasteiger partial charge in [-0.25, -0.2) is 29.9 Å². The fourth-order valence-corrected chi connectivity index (χ4v) is 9.58. The molecule has 9 heterocycles. The molecule has 0 saturated carbocycles. The molecule has 0 aliphatic carbocycles. The number of aromatic amines is 1. The number of nitrogens with one attached hydrogen (secondary N) is 1. The van der Waals surface area contributed by atoms with Crippen LogP contribution in [-0.2, 0) is 7.05 Å². The maximum atomic E-state index is 4.57. The number of para-hydroxylation sites is 4. The highest BCUT2D eigenvalue weighted by molar-refractivity contribution is 7.09. The Morgan fingerprint density at radius 2 is 0.763 bits per heavy atom. The molecule has 0 atom stereocenters. The van der Waals surface area contributed by atoms with Crippen LogP contribution >= 0.6 is 11.3 Å². The van der Waals surface area contributed by atoms with Crippen LogP contribution in [0.25, 0.3) is 43.6 Å². The van der Waals surface area contributed by atoms with Crippen LogP contribution in [0, 0.1) is 0 Å². The van der Waals surface area contributed by atoms with Crippen LogP contribution in [-0.4, -0.2) is 64.4 Å². The molecule has 0 fully saturated rings. The number of aryl methyl sites for hydroxylation is 1. The molecule has 1 N–H and O–H groups in total. The number of imidazole rings is 1. The first kappa shape index (κ1) is 116. The highest BCUT2D eigenvalue weighted by Crippen LogP contribution is 2.22. The van der Waals surface area contributed by atoms with Crippen LogP contribution in [0.5, 0.6) is 0 Å². The second-order valence-corrected chi connectivity index (χ2v) is 26.5. The highest BCUT2D eigenvalue weighted by atomic mass is 32.1. The summed E-state index contributed by atoms with van der Waals surface area (Å²) in [5.74, 6) is 7.56. The third kappa shape index (κ3) is 48.7. The smallest absolute Gasteiger partial charge is 0.131 e. The van der Waals surface area contributed by atoms with Crippen LogP contribution in [0.1, 0.15) is 361 Å². The van der Waals surface area contributed by atoms with Crippen molar-refractivity contribution < 1.29 is 0 Å². The fourth-order valence-electron chi connectivity index (χ4n) is 8.92. The largest absolute Gasteiger partial charge is 0.365 e. The molecule has 13 nitrogen and oxygen atoms in total. The first-order valence-electron chi connectivity index (χ1n) is 42.3. The second-order valence-electron chi connectivity index (χ2n) is 25.6. The van der Waals surface area contributed by atoms with Gasteiger partial charge >= 0.3 is 0 Å². The summed E-state index contributed by atoms with van der Waals surface area (Å²) in [4.78, 5) is 50.0. The molecule has 0 saturated heterocycles. The van der Waals surface area contributed by atoms with E-state index in [0.717, 1.165) is 50.8 Å². The van der Waals surface area contributed by atoms with E-state index in [0.29, 0.717) is 53.3 Å². The number of H-pyrrole nitrogens is 1. The molecule has 13 rings (SSSR count). The molecule has 0 unspecified atom stereocenters. The standard InChI is InChI=1S/2C12H13N.C11H14N2.C11H12N2.C8H11N.2C7H10N2.C7H11N.C6H9NS.9C2H6.CH4/c1-9(2)12-7-10-5-3-4-6-11(10)8-13-12;1-9(2)11-8-7-10-5-3-4-6-12(10)13-11;1-8(2)11-12-9-6-4-5-7-10(9)13(11)3;1-8(2)11-12-7-9-5-3-4-6-10(9)13-11;1-7(2)8-5-3-4-6-9-8;1-6(2)7-5-8-3-4-9-7;1-6(2)7-8-4-3-5-9-7;1-6(2)7-4-3-5-8-7;1-5(2)6-7-3-4-8-6;9*1-2;/h2*3-9H,1-2H3;4-8H,1-3H3;3-8H,1-2H3;3-7H,1-2H3;2*3-6H,1-2H3;3-6,8H,1-2H3;3-5H,1-2H3;9*1-2H3;1H4. The van der Waals surface area contributed by atoms with Crippen molar-refractivity contribution in [2.45, 2.75) is 310 Å². The van der Waals surface area contributed by atoms with E-state index in [1.165, 1.54) is 43.8 Å². The van der Waals surface area contributed by atoms with Crippen LogP contribution in [0.2, 0.25) is 0 Å². The fraction of sp³-hybridized carbons (Fsp3) is 0.470. The molecular formula is C100H161N13S. The first-order chi connectivity index (χ1) is 54.5. The Labute approximate surface area is 702 Å². The Bertz CT molecular complexity index is 3810. The summed E-state index contributed by atoms with van der Waals surface area (Å²) in [6.45, 7) is 74.5. The molecule has 9 aromatic heterocycles.